The maximum absolute atomic E-state index is 13.0. The van der Waals surface area contributed by atoms with Gasteiger partial charge in [-0.3, -0.25) is 4.79 Å². The van der Waals surface area contributed by atoms with Crippen LogP contribution in [0.25, 0.3) is 27.2 Å². The first-order chi connectivity index (χ1) is 10.7. The highest BCUT2D eigenvalue weighted by molar-refractivity contribution is 9.10. The Morgan fingerprint density at radius 2 is 2.05 bits per heavy atom. The van der Waals surface area contributed by atoms with Crippen molar-refractivity contribution in [1.29, 1.82) is 0 Å². The Bertz CT molecular complexity index is 1090. The molecule has 0 aliphatic heterocycles. The molecule has 0 bridgehead atoms. The Balaban J connectivity index is 2.43. The molecule has 0 aliphatic rings. The molecular weight excluding hydrogens is 412 g/mol. The number of alkyl halides is 1. The van der Waals surface area contributed by atoms with Gasteiger partial charge in [-0.1, -0.05) is 22.0 Å². The van der Waals surface area contributed by atoms with Gasteiger partial charge in [-0.25, -0.2) is 4.52 Å². The quantitative estimate of drug-likeness (QED) is 0.361. The average Bonchev–Trinajstić information content (AvgIpc) is 2.92. The molecule has 110 valence electrons. The van der Waals surface area contributed by atoms with E-state index in [0.29, 0.717) is 21.9 Å². The number of halogens is 2. The van der Waals surface area contributed by atoms with E-state index in [1.54, 1.807) is 13.2 Å². The normalized spacial score (nSPS) is 11.8. The third-order valence-electron chi connectivity index (χ3n) is 3.90. The van der Waals surface area contributed by atoms with Crippen LogP contribution in [0.15, 0.2) is 39.6 Å². The number of pyridine rings is 1. The van der Waals surface area contributed by atoms with Crippen LogP contribution in [0.1, 0.15) is 5.69 Å². The molecule has 0 amide bonds. The van der Waals surface area contributed by atoms with Gasteiger partial charge < -0.3 is 4.74 Å². The SMILES string of the molecule is COc1cccc2c1c(=O)c1c(Br)ccc3c(CBr)nn2c31. The predicted octanol–water partition coefficient (Wildman–Crippen LogP) is 4.10. The van der Waals surface area contributed by atoms with Crippen LogP contribution in [0.4, 0.5) is 0 Å². The van der Waals surface area contributed by atoms with E-state index >= 15 is 0 Å². The van der Waals surface area contributed by atoms with Crippen LogP contribution >= 0.6 is 31.9 Å². The predicted molar refractivity (Wildman–Crippen MR) is 94.5 cm³/mol. The molecular formula is C16H10Br2N2O2. The number of benzene rings is 2. The molecule has 0 aliphatic carbocycles. The zero-order valence-electron chi connectivity index (χ0n) is 11.6. The molecule has 2 aromatic heterocycles. The van der Waals surface area contributed by atoms with Gasteiger partial charge in [0.1, 0.15) is 5.75 Å². The van der Waals surface area contributed by atoms with Crippen molar-refractivity contribution in [3.8, 4) is 5.75 Å². The van der Waals surface area contributed by atoms with E-state index in [-0.39, 0.29) is 5.43 Å². The molecule has 0 radical (unpaired) electrons. The first kappa shape index (κ1) is 14.0. The summed E-state index contributed by atoms with van der Waals surface area (Å²) in [6.07, 6.45) is 0. The maximum Gasteiger partial charge on any atom is 0.202 e. The molecule has 22 heavy (non-hydrogen) atoms. The second-order valence-electron chi connectivity index (χ2n) is 4.99. The van der Waals surface area contributed by atoms with Crippen molar-refractivity contribution < 1.29 is 4.74 Å². The average molecular weight is 422 g/mol. The van der Waals surface area contributed by atoms with E-state index in [0.717, 1.165) is 26.6 Å². The molecule has 4 aromatic rings. The summed E-state index contributed by atoms with van der Waals surface area (Å²) in [6, 6.07) is 9.44. The van der Waals surface area contributed by atoms with E-state index in [2.05, 4.69) is 37.0 Å². The van der Waals surface area contributed by atoms with Crippen molar-refractivity contribution in [3.63, 3.8) is 0 Å². The number of hydrogen-bond donors (Lipinski definition) is 0. The minimum atomic E-state index is -0.0431. The summed E-state index contributed by atoms with van der Waals surface area (Å²) in [4.78, 5) is 13.0. The lowest BCUT2D eigenvalue weighted by molar-refractivity contribution is 0.419. The van der Waals surface area contributed by atoms with Crippen molar-refractivity contribution >= 4 is 59.1 Å². The van der Waals surface area contributed by atoms with Crippen LogP contribution in [-0.2, 0) is 5.33 Å². The minimum Gasteiger partial charge on any atom is -0.496 e. The molecule has 0 unspecified atom stereocenters. The highest BCUT2D eigenvalue weighted by atomic mass is 79.9. The molecule has 0 atom stereocenters. The van der Waals surface area contributed by atoms with Crippen LogP contribution in [0, 0.1) is 0 Å². The minimum absolute atomic E-state index is 0.0431. The summed E-state index contributed by atoms with van der Waals surface area (Å²) in [5.41, 5.74) is 2.47. The van der Waals surface area contributed by atoms with Gasteiger partial charge in [-0.2, -0.15) is 5.10 Å². The highest BCUT2D eigenvalue weighted by Gasteiger charge is 2.20. The number of fused-ring (bicyclic) bond motifs is 2. The van der Waals surface area contributed by atoms with Crippen molar-refractivity contribution in [1.82, 2.24) is 9.61 Å². The number of hydrogen-bond acceptors (Lipinski definition) is 3. The second kappa shape index (κ2) is 4.93. The van der Waals surface area contributed by atoms with E-state index in [4.69, 9.17) is 4.74 Å². The van der Waals surface area contributed by atoms with Crippen molar-refractivity contribution in [2.75, 3.05) is 7.11 Å². The number of nitrogens with zero attached hydrogens (tertiary/aromatic N) is 2. The molecule has 2 aromatic carbocycles. The van der Waals surface area contributed by atoms with Gasteiger partial charge in [-0.05, 0) is 40.2 Å². The van der Waals surface area contributed by atoms with Gasteiger partial charge >= 0.3 is 0 Å². The summed E-state index contributed by atoms with van der Waals surface area (Å²) in [5.74, 6) is 0.563. The number of ether oxygens (including phenoxy) is 1. The van der Waals surface area contributed by atoms with Crippen LogP contribution in [0.2, 0.25) is 0 Å². The van der Waals surface area contributed by atoms with E-state index < -0.39 is 0 Å². The molecule has 0 N–H and O–H groups in total. The fraction of sp³-hybridized carbons (Fsp3) is 0.125. The third-order valence-corrected chi connectivity index (χ3v) is 5.10. The molecule has 0 fully saturated rings. The standard InChI is InChI=1S/C16H10Br2N2O2/c1-22-12-4-2-3-11-14(12)16(21)13-9(18)6-5-8-10(7-17)19-20(11)15(8)13/h2-6H,7H2,1H3. The lowest BCUT2D eigenvalue weighted by Crippen LogP contribution is -2.09. The maximum atomic E-state index is 13.0. The lowest BCUT2D eigenvalue weighted by atomic mass is 10.1. The van der Waals surface area contributed by atoms with Gasteiger partial charge in [-0.15, -0.1) is 0 Å². The van der Waals surface area contributed by atoms with Crippen LogP contribution in [-0.4, -0.2) is 16.7 Å². The van der Waals surface area contributed by atoms with Crippen LogP contribution in [0.5, 0.6) is 5.75 Å². The van der Waals surface area contributed by atoms with Gasteiger partial charge in [0.15, 0.2) is 0 Å². The Hall–Kier alpha value is -1.66. The molecule has 4 nitrogen and oxygen atoms in total. The largest absolute Gasteiger partial charge is 0.496 e. The monoisotopic (exact) mass is 420 g/mol. The summed E-state index contributed by atoms with van der Waals surface area (Å²) < 4.78 is 7.99. The van der Waals surface area contributed by atoms with Gasteiger partial charge in [0, 0.05) is 15.2 Å². The third kappa shape index (κ3) is 1.68. The summed E-state index contributed by atoms with van der Waals surface area (Å²) in [6.45, 7) is 0. The number of methoxy groups -OCH3 is 1. The highest BCUT2D eigenvalue weighted by Crippen LogP contribution is 2.33. The molecule has 4 rings (SSSR count). The molecule has 0 saturated heterocycles. The zero-order valence-corrected chi connectivity index (χ0v) is 14.7. The van der Waals surface area contributed by atoms with Gasteiger partial charge in [0.05, 0.1) is 34.6 Å². The van der Waals surface area contributed by atoms with Gasteiger partial charge in [0.25, 0.3) is 0 Å². The molecule has 6 heteroatoms. The number of rotatable bonds is 2. The Morgan fingerprint density at radius 1 is 1.23 bits per heavy atom. The van der Waals surface area contributed by atoms with Crippen molar-refractivity contribution in [3.05, 3.63) is 50.7 Å². The van der Waals surface area contributed by atoms with E-state index in [1.165, 1.54) is 0 Å². The Labute approximate surface area is 142 Å². The second-order valence-corrected chi connectivity index (χ2v) is 6.41. The van der Waals surface area contributed by atoms with Gasteiger partial charge in [0.2, 0.25) is 5.43 Å². The van der Waals surface area contributed by atoms with Crippen LogP contribution in [0.3, 0.4) is 0 Å². The summed E-state index contributed by atoms with van der Waals surface area (Å²) >= 11 is 6.97. The van der Waals surface area contributed by atoms with Crippen molar-refractivity contribution in [2.24, 2.45) is 0 Å². The topological polar surface area (TPSA) is 43.6 Å². The van der Waals surface area contributed by atoms with Crippen LogP contribution < -0.4 is 10.2 Å². The smallest absolute Gasteiger partial charge is 0.202 e. The zero-order chi connectivity index (χ0) is 15.4. The van der Waals surface area contributed by atoms with Crippen molar-refractivity contribution in [2.45, 2.75) is 5.33 Å². The summed E-state index contributed by atoms with van der Waals surface area (Å²) in [5, 5.41) is 7.47. The Kier molecular flexibility index (Phi) is 3.13. The lowest BCUT2D eigenvalue weighted by Gasteiger charge is -2.09. The fourth-order valence-corrected chi connectivity index (χ4v) is 3.87. The molecule has 0 saturated carbocycles. The summed E-state index contributed by atoms with van der Waals surface area (Å²) in [7, 11) is 1.57. The Morgan fingerprint density at radius 3 is 2.77 bits per heavy atom. The van der Waals surface area contributed by atoms with E-state index in [1.807, 2.05) is 28.8 Å². The van der Waals surface area contributed by atoms with E-state index in [9.17, 15) is 4.79 Å². The molecule has 2 heterocycles. The first-order valence-electron chi connectivity index (χ1n) is 6.65. The fourth-order valence-electron chi connectivity index (χ4n) is 2.95. The first-order valence-corrected chi connectivity index (χ1v) is 8.57. The molecule has 0 spiro atoms. The number of aromatic nitrogens is 2.